The van der Waals surface area contributed by atoms with E-state index in [9.17, 15) is 4.79 Å². The fraction of sp³-hybridized carbons (Fsp3) is 0.533. The summed E-state index contributed by atoms with van der Waals surface area (Å²) >= 11 is 0. The van der Waals surface area contributed by atoms with Crippen LogP contribution >= 0.6 is 0 Å². The normalized spacial score (nSPS) is 27.1. The number of hydrogen-bond donors (Lipinski definition) is 0. The monoisotopic (exact) mass is 246 g/mol. The molecule has 2 aliphatic rings. The molecule has 3 rings (SSSR count). The van der Waals surface area contributed by atoms with Gasteiger partial charge in [-0.05, 0) is 42.5 Å². The molecule has 18 heavy (non-hydrogen) atoms. The number of ketones is 1. The highest BCUT2D eigenvalue weighted by molar-refractivity contribution is 5.80. The highest BCUT2D eigenvalue weighted by Crippen LogP contribution is 2.44. The Labute approximate surface area is 107 Å². The zero-order valence-electron chi connectivity index (χ0n) is 10.7. The summed E-state index contributed by atoms with van der Waals surface area (Å²) in [7, 11) is 1.67. The van der Waals surface area contributed by atoms with E-state index in [4.69, 9.17) is 9.47 Å². The van der Waals surface area contributed by atoms with E-state index in [1.165, 1.54) is 11.1 Å². The lowest BCUT2D eigenvalue weighted by atomic mass is 9.75. The molecule has 1 saturated heterocycles. The van der Waals surface area contributed by atoms with Crippen LogP contribution in [-0.2, 0) is 21.6 Å². The zero-order valence-corrected chi connectivity index (χ0v) is 10.7. The van der Waals surface area contributed by atoms with E-state index in [0.29, 0.717) is 25.2 Å². The Morgan fingerprint density at radius 2 is 2.22 bits per heavy atom. The van der Waals surface area contributed by atoms with Crippen LogP contribution in [0.5, 0.6) is 5.75 Å². The Kier molecular flexibility index (Phi) is 2.86. The van der Waals surface area contributed by atoms with Gasteiger partial charge in [-0.1, -0.05) is 6.07 Å². The zero-order chi connectivity index (χ0) is 12.6. The Bertz CT molecular complexity index is 481. The predicted molar refractivity (Wildman–Crippen MR) is 67.8 cm³/mol. The Hall–Kier alpha value is -1.35. The summed E-state index contributed by atoms with van der Waals surface area (Å²) in [5.74, 6) is 1.16. The van der Waals surface area contributed by atoms with Gasteiger partial charge in [-0.2, -0.15) is 0 Å². The second-order valence-electron chi connectivity index (χ2n) is 5.18. The van der Waals surface area contributed by atoms with Gasteiger partial charge in [-0.25, -0.2) is 0 Å². The number of benzene rings is 1. The number of rotatable bonds is 1. The minimum Gasteiger partial charge on any atom is -0.497 e. The van der Waals surface area contributed by atoms with Crippen molar-refractivity contribution in [3.8, 4) is 5.75 Å². The van der Waals surface area contributed by atoms with E-state index in [0.717, 1.165) is 25.0 Å². The molecule has 1 atom stereocenters. The quantitative estimate of drug-likeness (QED) is 0.764. The number of carbonyl (C=O) groups excluding carboxylic acids is 1. The first-order valence-corrected chi connectivity index (χ1v) is 6.57. The van der Waals surface area contributed by atoms with Gasteiger partial charge in [-0.15, -0.1) is 0 Å². The number of methoxy groups -OCH3 is 1. The standard InChI is InChI=1S/C15H18O3/c1-17-13-5-4-11-3-2-7-15(14(11)9-13)10-12(16)6-8-18-15/h4-5,9H,2-3,6-8,10H2,1H3. The van der Waals surface area contributed by atoms with Crippen molar-refractivity contribution in [3.05, 3.63) is 29.3 Å². The fourth-order valence-corrected chi connectivity index (χ4v) is 3.18. The largest absolute Gasteiger partial charge is 0.497 e. The second kappa shape index (κ2) is 4.39. The first-order chi connectivity index (χ1) is 8.73. The van der Waals surface area contributed by atoms with Gasteiger partial charge in [-0.3, -0.25) is 4.79 Å². The lowest BCUT2D eigenvalue weighted by Crippen LogP contribution is -2.40. The number of carbonyl (C=O) groups is 1. The number of ether oxygens (including phenoxy) is 2. The minimum atomic E-state index is -0.378. The van der Waals surface area contributed by atoms with Crippen LogP contribution in [0.15, 0.2) is 18.2 Å². The third-order valence-electron chi connectivity index (χ3n) is 4.08. The van der Waals surface area contributed by atoms with Gasteiger partial charge in [0, 0.05) is 12.8 Å². The van der Waals surface area contributed by atoms with Crippen LogP contribution < -0.4 is 4.74 Å². The Morgan fingerprint density at radius 1 is 1.33 bits per heavy atom. The smallest absolute Gasteiger partial charge is 0.138 e. The van der Waals surface area contributed by atoms with Crippen molar-refractivity contribution in [2.75, 3.05) is 13.7 Å². The van der Waals surface area contributed by atoms with E-state index in [2.05, 4.69) is 6.07 Å². The average molecular weight is 246 g/mol. The van der Waals surface area contributed by atoms with E-state index in [-0.39, 0.29) is 5.60 Å². The molecule has 0 saturated carbocycles. The number of fused-ring (bicyclic) bond motifs is 2. The molecule has 1 unspecified atom stereocenters. The van der Waals surface area contributed by atoms with Crippen LogP contribution in [0.1, 0.15) is 36.8 Å². The third kappa shape index (κ3) is 1.83. The maximum atomic E-state index is 11.8. The SMILES string of the molecule is COc1ccc2c(c1)C1(CCC2)CC(=O)CCO1. The molecule has 1 heterocycles. The molecule has 1 spiro atoms. The van der Waals surface area contributed by atoms with Gasteiger partial charge in [0.1, 0.15) is 17.1 Å². The molecule has 0 amide bonds. The molecule has 1 fully saturated rings. The van der Waals surface area contributed by atoms with Crippen LogP contribution in [0.4, 0.5) is 0 Å². The van der Waals surface area contributed by atoms with Gasteiger partial charge in [0.05, 0.1) is 13.7 Å². The van der Waals surface area contributed by atoms with Gasteiger partial charge < -0.3 is 9.47 Å². The number of Topliss-reactive ketones (excluding diaryl/α,β-unsaturated/α-hetero) is 1. The van der Waals surface area contributed by atoms with E-state index < -0.39 is 0 Å². The topological polar surface area (TPSA) is 35.5 Å². The van der Waals surface area contributed by atoms with Crippen molar-refractivity contribution in [3.63, 3.8) is 0 Å². The summed E-state index contributed by atoms with van der Waals surface area (Å²) in [4.78, 5) is 11.8. The molecule has 0 N–H and O–H groups in total. The van der Waals surface area contributed by atoms with E-state index in [1.54, 1.807) is 7.11 Å². The fourth-order valence-electron chi connectivity index (χ4n) is 3.18. The second-order valence-corrected chi connectivity index (χ2v) is 5.18. The van der Waals surface area contributed by atoms with Crippen LogP contribution in [0.25, 0.3) is 0 Å². The molecule has 1 aliphatic carbocycles. The first kappa shape index (κ1) is 11.7. The van der Waals surface area contributed by atoms with E-state index >= 15 is 0 Å². The maximum Gasteiger partial charge on any atom is 0.138 e. The summed E-state index contributed by atoms with van der Waals surface area (Å²) in [6, 6.07) is 6.15. The molecular formula is C15H18O3. The van der Waals surface area contributed by atoms with Crippen molar-refractivity contribution in [2.24, 2.45) is 0 Å². The van der Waals surface area contributed by atoms with Crippen molar-refractivity contribution in [1.82, 2.24) is 0 Å². The third-order valence-corrected chi connectivity index (χ3v) is 4.08. The molecule has 96 valence electrons. The molecule has 3 heteroatoms. The predicted octanol–water partition coefficient (Wildman–Crippen LogP) is 2.61. The number of hydrogen-bond acceptors (Lipinski definition) is 3. The highest BCUT2D eigenvalue weighted by Gasteiger charge is 2.41. The minimum absolute atomic E-state index is 0.317. The molecule has 3 nitrogen and oxygen atoms in total. The van der Waals surface area contributed by atoms with Crippen molar-refractivity contribution < 1.29 is 14.3 Å². The summed E-state index contributed by atoms with van der Waals surface area (Å²) in [5, 5.41) is 0. The van der Waals surface area contributed by atoms with Gasteiger partial charge >= 0.3 is 0 Å². The van der Waals surface area contributed by atoms with Gasteiger partial charge in [0.15, 0.2) is 0 Å². The number of aryl methyl sites for hydroxylation is 1. The van der Waals surface area contributed by atoms with Crippen LogP contribution in [0.2, 0.25) is 0 Å². The van der Waals surface area contributed by atoms with Gasteiger partial charge in [0.25, 0.3) is 0 Å². The average Bonchev–Trinajstić information content (AvgIpc) is 2.39. The molecule has 1 aromatic rings. The lowest BCUT2D eigenvalue weighted by molar-refractivity contribution is -0.144. The summed E-state index contributed by atoms with van der Waals surface area (Å²) in [6.45, 7) is 0.551. The lowest BCUT2D eigenvalue weighted by Gasteiger charge is -2.41. The molecule has 0 aromatic heterocycles. The molecule has 0 bridgehead atoms. The molecule has 1 aliphatic heterocycles. The van der Waals surface area contributed by atoms with Crippen LogP contribution in [0.3, 0.4) is 0 Å². The Balaban J connectivity index is 2.06. The molecular weight excluding hydrogens is 228 g/mol. The summed E-state index contributed by atoms with van der Waals surface area (Å²) < 4.78 is 11.3. The van der Waals surface area contributed by atoms with Crippen LogP contribution in [-0.4, -0.2) is 19.5 Å². The van der Waals surface area contributed by atoms with Crippen molar-refractivity contribution in [1.29, 1.82) is 0 Å². The summed E-state index contributed by atoms with van der Waals surface area (Å²) in [5.41, 5.74) is 2.09. The highest BCUT2D eigenvalue weighted by atomic mass is 16.5. The van der Waals surface area contributed by atoms with Gasteiger partial charge in [0.2, 0.25) is 0 Å². The first-order valence-electron chi connectivity index (χ1n) is 6.57. The summed E-state index contributed by atoms with van der Waals surface area (Å²) in [6.07, 6.45) is 4.18. The van der Waals surface area contributed by atoms with Crippen molar-refractivity contribution >= 4 is 5.78 Å². The molecule has 1 aromatic carbocycles. The van der Waals surface area contributed by atoms with E-state index in [1.807, 2.05) is 12.1 Å². The Morgan fingerprint density at radius 3 is 3.00 bits per heavy atom. The van der Waals surface area contributed by atoms with Crippen LogP contribution in [0, 0.1) is 0 Å². The molecule has 0 radical (unpaired) electrons. The maximum absolute atomic E-state index is 11.8. The van der Waals surface area contributed by atoms with Crippen molar-refractivity contribution in [2.45, 2.75) is 37.7 Å².